The first kappa shape index (κ1) is 16.1. The molecule has 0 atom stereocenters. The summed E-state index contributed by atoms with van der Waals surface area (Å²) in [5.41, 5.74) is 0.318. The molecule has 1 aromatic carbocycles. The van der Waals surface area contributed by atoms with Crippen molar-refractivity contribution in [2.45, 2.75) is 43.8 Å². The van der Waals surface area contributed by atoms with Crippen molar-refractivity contribution in [2.75, 3.05) is 5.75 Å². The fourth-order valence-electron chi connectivity index (χ4n) is 2.11. The van der Waals surface area contributed by atoms with Gasteiger partial charge in [-0.05, 0) is 33.8 Å². The third-order valence-corrected chi connectivity index (χ3v) is 4.95. The van der Waals surface area contributed by atoms with Crippen LogP contribution in [0, 0.1) is 11.3 Å². The van der Waals surface area contributed by atoms with Crippen LogP contribution < -0.4 is 5.46 Å². The lowest BCUT2D eigenvalue weighted by Gasteiger charge is -2.32. The molecule has 0 aromatic heterocycles. The topological polar surface area (TPSA) is 59.3 Å². The number of benzene rings is 1. The fourth-order valence-corrected chi connectivity index (χ4v) is 2.88. The van der Waals surface area contributed by atoms with E-state index in [-0.39, 0.29) is 0 Å². The van der Waals surface area contributed by atoms with Crippen molar-refractivity contribution in [3.8, 4) is 6.07 Å². The summed E-state index contributed by atoms with van der Waals surface area (Å²) < 4.78 is 12.1. The van der Waals surface area contributed by atoms with Crippen molar-refractivity contribution in [3.63, 3.8) is 0 Å². The molecule has 1 aromatic rings. The monoisotopic (exact) mass is 303 g/mol. The largest absolute Gasteiger partial charge is 0.496 e. The molecule has 0 N–H and O–H groups in total. The second-order valence-electron chi connectivity index (χ2n) is 5.91. The van der Waals surface area contributed by atoms with Crippen LogP contribution in [0.3, 0.4) is 0 Å². The summed E-state index contributed by atoms with van der Waals surface area (Å²) in [6, 6.07) is 7.52. The third kappa shape index (κ3) is 3.00. The van der Waals surface area contributed by atoms with Crippen LogP contribution in [0.2, 0.25) is 0 Å². The van der Waals surface area contributed by atoms with Gasteiger partial charge in [0.05, 0.1) is 23.0 Å². The fraction of sp³-hybridized carbons (Fsp3) is 0.467. The molecule has 0 amide bonds. The maximum atomic E-state index is 11.3. The summed E-state index contributed by atoms with van der Waals surface area (Å²) in [5.74, 6) is 0.314. The zero-order chi connectivity index (χ0) is 15.7. The van der Waals surface area contributed by atoms with E-state index in [2.05, 4.69) is 6.07 Å². The maximum absolute atomic E-state index is 11.3. The van der Waals surface area contributed by atoms with Gasteiger partial charge in [-0.1, -0.05) is 12.1 Å². The number of rotatable bonds is 4. The van der Waals surface area contributed by atoms with Gasteiger partial charge in [-0.15, -0.1) is 11.8 Å². The summed E-state index contributed by atoms with van der Waals surface area (Å²) >= 11 is 1.38. The minimum absolute atomic E-state index is 0.314. The highest BCUT2D eigenvalue weighted by Crippen LogP contribution is 2.37. The Labute approximate surface area is 130 Å². The SMILES string of the molecule is CC1(C)OB(c2c(C=O)cccc2SCC#N)OC1(C)C. The van der Waals surface area contributed by atoms with E-state index in [1.165, 1.54) is 11.8 Å². The molecule has 2 rings (SSSR count). The van der Waals surface area contributed by atoms with Gasteiger partial charge in [0.15, 0.2) is 0 Å². The first-order valence-electron chi connectivity index (χ1n) is 6.76. The van der Waals surface area contributed by atoms with Crippen LogP contribution in [0.4, 0.5) is 0 Å². The van der Waals surface area contributed by atoms with Gasteiger partial charge in [-0.3, -0.25) is 4.79 Å². The number of nitriles is 1. The Kier molecular flexibility index (Phi) is 4.47. The summed E-state index contributed by atoms with van der Waals surface area (Å²) in [7, 11) is -0.599. The van der Waals surface area contributed by atoms with Crippen LogP contribution in [0.1, 0.15) is 38.1 Å². The van der Waals surface area contributed by atoms with Crippen molar-refractivity contribution < 1.29 is 14.1 Å². The average molecular weight is 303 g/mol. The molecule has 0 aliphatic carbocycles. The predicted octanol–water partition coefficient (Wildman–Crippen LogP) is 2.41. The third-order valence-electron chi connectivity index (χ3n) is 4.01. The second kappa shape index (κ2) is 5.84. The molecule has 0 saturated carbocycles. The lowest BCUT2D eigenvalue weighted by atomic mass is 9.76. The van der Waals surface area contributed by atoms with Crippen molar-refractivity contribution in [1.82, 2.24) is 0 Å². The molecule has 1 heterocycles. The smallest absolute Gasteiger partial charge is 0.399 e. The number of thioether (sulfide) groups is 1. The molecular weight excluding hydrogens is 285 g/mol. The van der Waals surface area contributed by atoms with Gasteiger partial charge in [0.1, 0.15) is 6.29 Å². The normalized spacial score (nSPS) is 19.3. The number of hydrogen-bond acceptors (Lipinski definition) is 5. The molecule has 0 unspecified atom stereocenters. The molecule has 1 aliphatic heterocycles. The molecule has 1 aliphatic rings. The van der Waals surface area contributed by atoms with Crippen molar-refractivity contribution >= 4 is 30.6 Å². The second-order valence-corrected chi connectivity index (χ2v) is 6.93. The van der Waals surface area contributed by atoms with E-state index in [1.54, 1.807) is 12.1 Å². The van der Waals surface area contributed by atoms with E-state index in [9.17, 15) is 4.79 Å². The van der Waals surface area contributed by atoms with E-state index >= 15 is 0 Å². The Morgan fingerprint density at radius 2 is 1.90 bits per heavy atom. The molecule has 4 nitrogen and oxygen atoms in total. The van der Waals surface area contributed by atoms with Gasteiger partial charge in [0.2, 0.25) is 0 Å². The zero-order valence-corrected chi connectivity index (χ0v) is 13.5. The van der Waals surface area contributed by atoms with Gasteiger partial charge in [-0.2, -0.15) is 5.26 Å². The molecule has 1 saturated heterocycles. The van der Waals surface area contributed by atoms with Crippen LogP contribution in [0.25, 0.3) is 0 Å². The van der Waals surface area contributed by atoms with E-state index in [0.29, 0.717) is 16.8 Å². The predicted molar refractivity (Wildman–Crippen MR) is 83.9 cm³/mol. The number of nitrogens with zero attached hydrogens (tertiary/aromatic N) is 1. The van der Waals surface area contributed by atoms with Crippen LogP contribution in [-0.2, 0) is 9.31 Å². The standard InChI is InChI=1S/C15H18BNO3S/c1-14(2)15(3,4)20-16(19-14)13-11(10-18)6-5-7-12(13)21-9-8-17/h5-7,10H,9H2,1-4H3. The Morgan fingerprint density at radius 3 is 2.43 bits per heavy atom. The lowest BCUT2D eigenvalue weighted by Crippen LogP contribution is -2.41. The molecule has 110 valence electrons. The van der Waals surface area contributed by atoms with Gasteiger partial charge in [0.25, 0.3) is 0 Å². The quantitative estimate of drug-likeness (QED) is 0.486. The lowest BCUT2D eigenvalue weighted by molar-refractivity contribution is 0.00578. The minimum atomic E-state index is -0.599. The molecule has 0 bridgehead atoms. The molecule has 6 heteroatoms. The Morgan fingerprint density at radius 1 is 1.29 bits per heavy atom. The highest BCUT2D eigenvalue weighted by Gasteiger charge is 2.52. The first-order chi connectivity index (χ1) is 9.82. The Hall–Kier alpha value is -1.29. The number of aldehydes is 1. The van der Waals surface area contributed by atoms with Gasteiger partial charge in [-0.25, -0.2) is 0 Å². The van der Waals surface area contributed by atoms with Gasteiger partial charge in [0, 0.05) is 15.9 Å². The van der Waals surface area contributed by atoms with E-state index in [0.717, 1.165) is 11.2 Å². The van der Waals surface area contributed by atoms with Crippen molar-refractivity contribution in [2.24, 2.45) is 0 Å². The maximum Gasteiger partial charge on any atom is 0.496 e. The summed E-state index contributed by atoms with van der Waals surface area (Å²) in [5, 5.41) is 8.77. The molecule has 0 radical (unpaired) electrons. The highest BCUT2D eigenvalue weighted by atomic mass is 32.2. The van der Waals surface area contributed by atoms with Crippen LogP contribution in [-0.4, -0.2) is 30.4 Å². The van der Waals surface area contributed by atoms with Crippen molar-refractivity contribution in [1.29, 1.82) is 5.26 Å². The summed E-state index contributed by atoms with van der Waals surface area (Å²) in [6.45, 7) is 7.88. The van der Waals surface area contributed by atoms with E-state index < -0.39 is 18.3 Å². The summed E-state index contributed by atoms with van der Waals surface area (Å²) in [4.78, 5) is 12.2. The number of hydrogen-bond donors (Lipinski definition) is 0. The summed E-state index contributed by atoms with van der Waals surface area (Å²) in [6.07, 6.45) is 0.802. The minimum Gasteiger partial charge on any atom is -0.399 e. The van der Waals surface area contributed by atoms with Crippen LogP contribution in [0.5, 0.6) is 0 Å². The van der Waals surface area contributed by atoms with Crippen LogP contribution >= 0.6 is 11.8 Å². The average Bonchev–Trinajstić information content (AvgIpc) is 2.64. The number of carbonyl (C=O) groups excluding carboxylic acids is 1. The van der Waals surface area contributed by atoms with E-state index in [4.69, 9.17) is 14.6 Å². The molecule has 21 heavy (non-hydrogen) atoms. The van der Waals surface area contributed by atoms with E-state index in [1.807, 2.05) is 33.8 Å². The van der Waals surface area contributed by atoms with Crippen LogP contribution in [0.15, 0.2) is 23.1 Å². The zero-order valence-electron chi connectivity index (χ0n) is 12.7. The molecule has 0 spiro atoms. The molecular formula is C15H18BNO3S. The molecule has 1 fully saturated rings. The Bertz CT molecular complexity index is 579. The Balaban J connectivity index is 2.44. The van der Waals surface area contributed by atoms with Gasteiger partial charge < -0.3 is 9.31 Å². The number of carbonyl (C=O) groups is 1. The van der Waals surface area contributed by atoms with Crippen molar-refractivity contribution in [3.05, 3.63) is 23.8 Å². The first-order valence-corrected chi connectivity index (χ1v) is 7.74. The highest BCUT2D eigenvalue weighted by molar-refractivity contribution is 7.99. The van der Waals surface area contributed by atoms with Gasteiger partial charge >= 0.3 is 7.12 Å².